The maximum absolute atomic E-state index is 6.38. The van der Waals surface area contributed by atoms with Crippen molar-refractivity contribution in [3.63, 3.8) is 0 Å². The lowest BCUT2D eigenvalue weighted by molar-refractivity contribution is 0.314. The molecule has 1 heterocycles. The highest BCUT2D eigenvalue weighted by Crippen LogP contribution is 2.33. The van der Waals surface area contributed by atoms with Crippen molar-refractivity contribution in [3.8, 4) is 0 Å². The average molecular weight is 244 g/mol. The summed E-state index contributed by atoms with van der Waals surface area (Å²) in [5.41, 5.74) is 9.20. The lowest BCUT2D eigenvalue weighted by Crippen LogP contribution is -2.42. The van der Waals surface area contributed by atoms with Crippen LogP contribution in [0.1, 0.15) is 43.2 Å². The predicted molar refractivity (Wildman–Crippen MR) is 75.7 cm³/mol. The number of benzene rings is 1. The molecule has 1 aliphatic heterocycles. The van der Waals surface area contributed by atoms with Crippen molar-refractivity contribution in [1.29, 1.82) is 0 Å². The van der Waals surface area contributed by atoms with Crippen LogP contribution in [0.15, 0.2) is 24.3 Å². The minimum Gasteiger partial charge on any atom is -0.324 e. The van der Waals surface area contributed by atoms with Gasteiger partial charge in [0.2, 0.25) is 0 Å². The molecule has 0 radical (unpaired) electrons. The molecule has 3 rings (SSSR count). The fourth-order valence-corrected chi connectivity index (χ4v) is 3.31. The van der Waals surface area contributed by atoms with Crippen molar-refractivity contribution < 1.29 is 0 Å². The molecule has 1 aliphatic carbocycles. The van der Waals surface area contributed by atoms with Crippen LogP contribution < -0.4 is 11.1 Å². The Labute approximate surface area is 110 Å². The SMILES string of the molecule is C[C@@]1(N)CNC[C@H]1c1cccc(CC2CCC2)c1. The van der Waals surface area contributed by atoms with Gasteiger partial charge in [-0.1, -0.05) is 43.5 Å². The van der Waals surface area contributed by atoms with Crippen LogP contribution in [0, 0.1) is 5.92 Å². The molecule has 2 fully saturated rings. The number of nitrogens with one attached hydrogen (secondary N) is 1. The summed E-state index contributed by atoms with van der Waals surface area (Å²) in [6.07, 6.45) is 5.53. The van der Waals surface area contributed by atoms with Gasteiger partial charge in [-0.25, -0.2) is 0 Å². The quantitative estimate of drug-likeness (QED) is 0.857. The van der Waals surface area contributed by atoms with E-state index in [-0.39, 0.29) is 5.54 Å². The highest BCUT2D eigenvalue weighted by Gasteiger charge is 2.36. The van der Waals surface area contributed by atoms with Crippen molar-refractivity contribution in [1.82, 2.24) is 5.32 Å². The molecule has 1 saturated heterocycles. The largest absolute Gasteiger partial charge is 0.324 e. The van der Waals surface area contributed by atoms with E-state index in [0.717, 1.165) is 19.0 Å². The second-order valence-corrected chi connectivity index (χ2v) is 6.44. The Morgan fingerprint density at radius 2 is 2.22 bits per heavy atom. The summed E-state index contributed by atoms with van der Waals surface area (Å²) in [6, 6.07) is 9.12. The van der Waals surface area contributed by atoms with Gasteiger partial charge in [-0.2, -0.15) is 0 Å². The molecule has 2 atom stereocenters. The first-order chi connectivity index (χ1) is 8.65. The zero-order chi connectivity index (χ0) is 12.6. The van der Waals surface area contributed by atoms with Crippen molar-refractivity contribution >= 4 is 0 Å². The second-order valence-electron chi connectivity index (χ2n) is 6.44. The highest BCUT2D eigenvalue weighted by molar-refractivity contribution is 5.31. The molecule has 1 aromatic carbocycles. The fraction of sp³-hybridized carbons (Fsp3) is 0.625. The van der Waals surface area contributed by atoms with E-state index in [4.69, 9.17) is 5.73 Å². The van der Waals surface area contributed by atoms with Crippen LogP contribution in [0.2, 0.25) is 0 Å². The van der Waals surface area contributed by atoms with E-state index in [1.54, 1.807) is 0 Å². The Hall–Kier alpha value is -0.860. The van der Waals surface area contributed by atoms with E-state index in [0.29, 0.717) is 5.92 Å². The summed E-state index contributed by atoms with van der Waals surface area (Å²) in [5.74, 6) is 1.39. The molecular weight excluding hydrogens is 220 g/mol. The summed E-state index contributed by atoms with van der Waals surface area (Å²) in [5, 5.41) is 3.42. The van der Waals surface area contributed by atoms with Crippen molar-refractivity contribution in [2.24, 2.45) is 11.7 Å². The maximum atomic E-state index is 6.38. The number of hydrogen-bond donors (Lipinski definition) is 2. The Kier molecular flexibility index (Phi) is 3.16. The van der Waals surface area contributed by atoms with Crippen LogP contribution in [0.5, 0.6) is 0 Å². The third-order valence-electron chi connectivity index (χ3n) is 4.75. The standard InChI is InChI=1S/C16H24N2/c1-16(17)11-18-10-15(16)14-7-3-6-13(9-14)8-12-4-2-5-12/h3,6-7,9,12,15,18H,2,4-5,8,10-11,17H2,1H3/t15-,16+/m0/s1. The van der Waals surface area contributed by atoms with Gasteiger partial charge in [0, 0.05) is 24.5 Å². The molecule has 2 nitrogen and oxygen atoms in total. The second kappa shape index (κ2) is 4.67. The maximum Gasteiger partial charge on any atom is 0.0333 e. The van der Waals surface area contributed by atoms with E-state index in [2.05, 4.69) is 36.5 Å². The Bertz CT molecular complexity index is 421. The van der Waals surface area contributed by atoms with Gasteiger partial charge in [0.25, 0.3) is 0 Å². The molecule has 0 aromatic heterocycles. The molecule has 1 aromatic rings. The fourth-order valence-electron chi connectivity index (χ4n) is 3.31. The number of rotatable bonds is 3. The molecule has 2 heteroatoms. The van der Waals surface area contributed by atoms with E-state index in [1.807, 2.05) is 0 Å². The monoisotopic (exact) mass is 244 g/mol. The minimum absolute atomic E-state index is 0.102. The average Bonchev–Trinajstić information content (AvgIpc) is 2.64. The first-order valence-electron chi connectivity index (χ1n) is 7.23. The molecule has 1 saturated carbocycles. The zero-order valence-corrected chi connectivity index (χ0v) is 11.3. The van der Waals surface area contributed by atoms with Gasteiger partial charge in [-0.15, -0.1) is 0 Å². The Morgan fingerprint density at radius 3 is 2.83 bits per heavy atom. The van der Waals surface area contributed by atoms with Gasteiger partial charge in [-0.05, 0) is 30.4 Å². The first-order valence-corrected chi connectivity index (χ1v) is 7.23. The number of nitrogens with two attached hydrogens (primary N) is 1. The van der Waals surface area contributed by atoms with Crippen molar-refractivity contribution in [2.45, 2.75) is 44.1 Å². The lowest BCUT2D eigenvalue weighted by atomic mass is 9.79. The van der Waals surface area contributed by atoms with Gasteiger partial charge >= 0.3 is 0 Å². The van der Waals surface area contributed by atoms with E-state index in [9.17, 15) is 0 Å². The molecule has 98 valence electrons. The van der Waals surface area contributed by atoms with Gasteiger partial charge in [0.15, 0.2) is 0 Å². The lowest BCUT2D eigenvalue weighted by Gasteiger charge is -2.28. The van der Waals surface area contributed by atoms with Gasteiger partial charge in [0.05, 0.1) is 0 Å². The van der Waals surface area contributed by atoms with E-state index < -0.39 is 0 Å². The van der Waals surface area contributed by atoms with Crippen LogP contribution in [-0.4, -0.2) is 18.6 Å². The third-order valence-corrected chi connectivity index (χ3v) is 4.75. The predicted octanol–water partition coefficient (Wildman–Crippen LogP) is 2.43. The molecule has 3 N–H and O–H groups in total. The Balaban J connectivity index is 1.77. The van der Waals surface area contributed by atoms with Gasteiger partial charge in [-0.3, -0.25) is 0 Å². The summed E-state index contributed by atoms with van der Waals surface area (Å²) in [6.45, 7) is 4.10. The summed E-state index contributed by atoms with van der Waals surface area (Å²) >= 11 is 0. The minimum atomic E-state index is -0.102. The van der Waals surface area contributed by atoms with Gasteiger partial charge < -0.3 is 11.1 Å². The molecule has 18 heavy (non-hydrogen) atoms. The van der Waals surface area contributed by atoms with Crippen LogP contribution in [0.4, 0.5) is 0 Å². The molecule has 0 spiro atoms. The van der Waals surface area contributed by atoms with E-state index >= 15 is 0 Å². The van der Waals surface area contributed by atoms with Crippen LogP contribution in [-0.2, 0) is 6.42 Å². The van der Waals surface area contributed by atoms with Crippen molar-refractivity contribution in [3.05, 3.63) is 35.4 Å². The Morgan fingerprint density at radius 1 is 1.39 bits per heavy atom. The molecular formula is C16H24N2. The van der Waals surface area contributed by atoms with E-state index in [1.165, 1.54) is 36.8 Å². The normalized spacial score (nSPS) is 32.4. The summed E-state index contributed by atoms with van der Waals surface area (Å²) in [7, 11) is 0. The zero-order valence-electron chi connectivity index (χ0n) is 11.3. The van der Waals surface area contributed by atoms with Crippen LogP contribution >= 0.6 is 0 Å². The first kappa shape index (κ1) is 12.2. The number of hydrogen-bond acceptors (Lipinski definition) is 2. The van der Waals surface area contributed by atoms with Crippen molar-refractivity contribution in [2.75, 3.05) is 13.1 Å². The molecule has 0 amide bonds. The highest BCUT2D eigenvalue weighted by atomic mass is 15.0. The van der Waals surface area contributed by atoms with Gasteiger partial charge in [0.1, 0.15) is 0 Å². The summed E-state index contributed by atoms with van der Waals surface area (Å²) < 4.78 is 0. The molecule has 0 bridgehead atoms. The smallest absolute Gasteiger partial charge is 0.0333 e. The molecule has 0 unspecified atom stereocenters. The third kappa shape index (κ3) is 2.32. The summed E-state index contributed by atoms with van der Waals surface area (Å²) in [4.78, 5) is 0. The topological polar surface area (TPSA) is 38.0 Å². The van der Waals surface area contributed by atoms with Crippen LogP contribution in [0.3, 0.4) is 0 Å². The van der Waals surface area contributed by atoms with Crippen LogP contribution in [0.25, 0.3) is 0 Å². The molecule has 2 aliphatic rings.